The number of aliphatic hydroxyl groups is 2. The molecule has 4 atom stereocenters. The van der Waals surface area contributed by atoms with Crippen LogP contribution in [0.3, 0.4) is 0 Å². The largest absolute Gasteiger partial charge is 0.395 e. The Labute approximate surface area is 213 Å². The van der Waals surface area contributed by atoms with Gasteiger partial charge in [0, 0.05) is 31.1 Å². The molecule has 2 aliphatic rings. The van der Waals surface area contributed by atoms with Crippen LogP contribution in [0.4, 0.5) is 0 Å². The molecule has 4 unspecified atom stereocenters. The van der Waals surface area contributed by atoms with Crippen LogP contribution in [0, 0.1) is 0 Å². The van der Waals surface area contributed by atoms with Crippen LogP contribution in [0.5, 0.6) is 0 Å². The molecule has 0 radical (unpaired) electrons. The van der Waals surface area contributed by atoms with E-state index in [1.54, 1.807) is 0 Å². The summed E-state index contributed by atoms with van der Waals surface area (Å²) in [6, 6.07) is 24.8. The molecule has 0 aromatic heterocycles. The maximum absolute atomic E-state index is 9.82. The van der Waals surface area contributed by atoms with E-state index in [2.05, 4.69) is 35.2 Å². The predicted molar refractivity (Wildman–Crippen MR) is 140 cm³/mol. The highest BCUT2D eigenvalue weighted by Gasteiger charge is 2.35. The fraction of sp³-hybridized carbons (Fsp3) is 0.400. The number of likely N-dealkylation sites (tertiary alicyclic amines) is 1. The zero-order valence-corrected chi connectivity index (χ0v) is 20.6. The molecule has 3 aromatic rings. The van der Waals surface area contributed by atoms with Crippen LogP contribution in [0.2, 0.25) is 0 Å². The first-order valence-corrected chi connectivity index (χ1v) is 12.9. The second-order valence-corrected chi connectivity index (χ2v) is 9.85. The third kappa shape index (κ3) is 5.70. The topological polar surface area (TPSA) is 88.2 Å². The number of benzene rings is 3. The summed E-state index contributed by atoms with van der Waals surface area (Å²) in [6.07, 6.45) is 2.22. The third-order valence-electron chi connectivity index (χ3n) is 7.42. The van der Waals surface area contributed by atoms with Gasteiger partial charge in [0.05, 0.1) is 25.4 Å². The summed E-state index contributed by atoms with van der Waals surface area (Å²) >= 11 is 0. The Morgan fingerprint density at radius 2 is 1.64 bits per heavy atom. The van der Waals surface area contributed by atoms with Gasteiger partial charge in [0.1, 0.15) is 0 Å². The first kappa shape index (κ1) is 25.1. The van der Waals surface area contributed by atoms with Gasteiger partial charge in [0.25, 0.3) is 0 Å². The maximum atomic E-state index is 9.82. The van der Waals surface area contributed by atoms with E-state index in [0.717, 1.165) is 65.7 Å². The normalized spacial score (nSPS) is 24.8. The van der Waals surface area contributed by atoms with Crippen molar-refractivity contribution in [3.05, 3.63) is 95.1 Å². The van der Waals surface area contributed by atoms with Gasteiger partial charge in [0.15, 0.2) is 6.29 Å². The molecule has 2 aliphatic heterocycles. The summed E-state index contributed by atoms with van der Waals surface area (Å²) < 4.78 is 13.1. The predicted octanol–water partition coefficient (Wildman–Crippen LogP) is 4.31. The number of hydrogen-bond acceptors (Lipinski definition) is 6. The van der Waals surface area contributed by atoms with Crippen molar-refractivity contribution in [2.24, 2.45) is 5.73 Å². The van der Waals surface area contributed by atoms with Crippen molar-refractivity contribution in [3.63, 3.8) is 0 Å². The lowest BCUT2D eigenvalue weighted by Crippen LogP contribution is -2.42. The van der Waals surface area contributed by atoms with Crippen LogP contribution in [0.1, 0.15) is 53.9 Å². The second kappa shape index (κ2) is 11.6. The smallest absolute Gasteiger partial charge is 0.184 e. The van der Waals surface area contributed by atoms with Gasteiger partial charge in [-0.1, -0.05) is 60.7 Å². The Hall–Kier alpha value is -2.58. The van der Waals surface area contributed by atoms with Crippen LogP contribution < -0.4 is 5.73 Å². The van der Waals surface area contributed by atoms with Gasteiger partial charge in [-0.3, -0.25) is 4.90 Å². The van der Waals surface area contributed by atoms with Crippen molar-refractivity contribution in [2.75, 3.05) is 19.7 Å². The average Bonchev–Trinajstić information content (AvgIpc) is 3.40. The van der Waals surface area contributed by atoms with Gasteiger partial charge < -0.3 is 25.4 Å². The maximum Gasteiger partial charge on any atom is 0.184 e. The number of nitrogens with zero attached hydrogens (tertiary/aromatic N) is 1. The monoisotopic (exact) mass is 488 g/mol. The van der Waals surface area contributed by atoms with E-state index in [1.807, 2.05) is 42.5 Å². The van der Waals surface area contributed by atoms with Crippen molar-refractivity contribution in [2.45, 2.75) is 57.0 Å². The van der Waals surface area contributed by atoms with E-state index >= 15 is 0 Å². The molecule has 2 fully saturated rings. The molecule has 0 spiro atoms. The third-order valence-corrected chi connectivity index (χ3v) is 7.42. The lowest BCUT2D eigenvalue weighted by molar-refractivity contribution is -0.253. The van der Waals surface area contributed by atoms with E-state index in [9.17, 15) is 10.2 Å². The Balaban J connectivity index is 1.41. The van der Waals surface area contributed by atoms with Crippen molar-refractivity contribution < 1.29 is 19.7 Å². The van der Waals surface area contributed by atoms with E-state index < -0.39 is 6.29 Å². The van der Waals surface area contributed by atoms with Crippen molar-refractivity contribution in [1.82, 2.24) is 4.90 Å². The van der Waals surface area contributed by atoms with Crippen molar-refractivity contribution in [1.29, 1.82) is 0 Å². The fourth-order valence-corrected chi connectivity index (χ4v) is 5.38. The summed E-state index contributed by atoms with van der Waals surface area (Å²) in [7, 11) is 0. The zero-order valence-electron chi connectivity index (χ0n) is 20.6. The molecule has 5 rings (SSSR count). The van der Waals surface area contributed by atoms with Gasteiger partial charge in [-0.15, -0.1) is 0 Å². The second-order valence-electron chi connectivity index (χ2n) is 9.85. The molecule has 0 bridgehead atoms. The highest BCUT2D eigenvalue weighted by atomic mass is 16.7. The van der Waals surface area contributed by atoms with E-state index in [-0.39, 0.29) is 31.5 Å². The minimum Gasteiger partial charge on any atom is -0.395 e. The van der Waals surface area contributed by atoms with Crippen LogP contribution >= 0.6 is 0 Å². The molecule has 3 aromatic carbocycles. The van der Waals surface area contributed by atoms with E-state index in [1.165, 1.54) is 0 Å². The summed E-state index contributed by atoms with van der Waals surface area (Å²) in [5, 5.41) is 19.3. The van der Waals surface area contributed by atoms with E-state index in [4.69, 9.17) is 15.2 Å². The van der Waals surface area contributed by atoms with Gasteiger partial charge in [-0.25, -0.2) is 0 Å². The van der Waals surface area contributed by atoms with Gasteiger partial charge in [-0.2, -0.15) is 0 Å². The van der Waals surface area contributed by atoms with Gasteiger partial charge >= 0.3 is 0 Å². The first-order chi connectivity index (χ1) is 17.7. The molecule has 36 heavy (non-hydrogen) atoms. The summed E-state index contributed by atoms with van der Waals surface area (Å²) in [5.41, 5.74) is 12.1. The lowest BCUT2D eigenvalue weighted by Gasteiger charge is -2.38. The number of hydrogen-bond donors (Lipinski definition) is 3. The molecule has 2 heterocycles. The lowest BCUT2D eigenvalue weighted by atomic mass is 9.98. The number of ether oxygens (including phenoxy) is 2. The summed E-state index contributed by atoms with van der Waals surface area (Å²) in [6.45, 7) is 2.47. The van der Waals surface area contributed by atoms with Gasteiger partial charge in [-0.05, 0) is 59.3 Å². The van der Waals surface area contributed by atoms with Crippen LogP contribution in [0.15, 0.2) is 72.8 Å². The Morgan fingerprint density at radius 1 is 0.861 bits per heavy atom. The Bertz CT molecular complexity index is 1140. The van der Waals surface area contributed by atoms with Crippen molar-refractivity contribution in [3.8, 4) is 11.1 Å². The number of nitrogens with two attached hydrogens (primary N) is 1. The Morgan fingerprint density at radius 3 is 2.39 bits per heavy atom. The molecule has 6 heteroatoms. The fourth-order valence-electron chi connectivity index (χ4n) is 5.38. The first-order valence-electron chi connectivity index (χ1n) is 12.9. The standard InChI is InChI=1S/C30H36N2O4/c31-17-22-4-1-5-24(14-22)25-6-2-7-26(15-25)30-35-28(18-32-13-3-8-27(32)20-34)16-29(36-30)23-11-9-21(19-33)10-12-23/h1-2,4-7,9-12,14-15,27-30,33-34H,3,8,13,16-20,31H2. The molecular weight excluding hydrogens is 452 g/mol. The summed E-state index contributed by atoms with van der Waals surface area (Å²) in [5.74, 6) is 0. The average molecular weight is 489 g/mol. The SMILES string of the molecule is NCc1cccc(-c2cccc(C3OC(CN4CCCC4CO)CC(c4ccc(CO)cc4)O3)c2)c1. The molecule has 0 aliphatic carbocycles. The molecule has 0 saturated carbocycles. The zero-order chi connectivity index (χ0) is 24.9. The molecule has 4 N–H and O–H groups in total. The minimum absolute atomic E-state index is 0.0236. The highest BCUT2D eigenvalue weighted by Crippen LogP contribution is 2.39. The van der Waals surface area contributed by atoms with Crippen LogP contribution in [0.25, 0.3) is 11.1 Å². The molecule has 190 valence electrons. The minimum atomic E-state index is -0.501. The number of aliphatic hydroxyl groups excluding tert-OH is 2. The number of rotatable bonds is 8. The van der Waals surface area contributed by atoms with Crippen LogP contribution in [-0.4, -0.2) is 47.0 Å². The molecular formula is C30H36N2O4. The molecule has 2 saturated heterocycles. The summed E-state index contributed by atoms with van der Waals surface area (Å²) in [4.78, 5) is 2.35. The molecule has 6 nitrogen and oxygen atoms in total. The molecule has 0 amide bonds. The van der Waals surface area contributed by atoms with Gasteiger partial charge in [0.2, 0.25) is 0 Å². The van der Waals surface area contributed by atoms with Crippen molar-refractivity contribution >= 4 is 0 Å². The highest BCUT2D eigenvalue weighted by molar-refractivity contribution is 5.65. The Kier molecular flexibility index (Phi) is 8.12. The van der Waals surface area contributed by atoms with E-state index in [0.29, 0.717) is 6.54 Å². The van der Waals surface area contributed by atoms with Crippen LogP contribution in [-0.2, 0) is 22.6 Å². The quantitative estimate of drug-likeness (QED) is 0.438.